The third kappa shape index (κ3) is 5.49. The Kier molecular flexibility index (Phi) is 7.74. The van der Waals surface area contributed by atoms with Crippen molar-refractivity contribution < 1.29 is 28.5 Å². The van der Waals surface area contributed by atoms with Crippen molar-refractivity contribution in [2.75, 3.05) is 25.6 Å². The van der Waals surface area contributed by atoms with Gasteiger partial charge in [-0.1, -0.05) is 42.5 Å². The van der Waals surface area contributed by atoms with Crippen LogP contribution in [0.5, 0.6) is 17.2 Å². The van der Waals surface area contributed by atoms with Crippen molar-refractivity contribution in [2.24, 2.45) is 5.73 Å². The second-order valence-corrected chi connectivity index (χ2v) is 9.17. The van der Waals surface area contributed by atoms with E-state index in [1.165, 1.54) is 7.11 Å². The summed E-state index contributed by atoms with van der Waals surface area (Å²) in [5.41, 5.74) is 8.98. The Balaban J connectivity index is 1.39. The van der Waals surface area contributed by atoms with Crippen molar-refractivity contribution in [1.29, 1.82) is 5.26 Å². The number of hydrogen-bond donors (Lipinski definition) is 2. The summed E-state index contributed by atoms with van der Waals surface area (Å²) in [5.74, 6) is 0.108. The van der Waals surface area contributed by atoms with Gasteiger partial charge >= 0.3 is 5.97 Å². The largest absolute Gasteiger partial charge is 0.490 e. The molecule has 0 unspecified atom stereocenters. The van der Waals surface area contributed by atoms with Crippen LogP contribution in [0.25, 0.3) is 10.8 Å². The number of anilines is 1. The molecule has 1 atom stereocenters. The zero-order valence-electron chi connectivity index (χ0n) is 22.5. The van der Waals surface area contributed by atoms with Crippen LogP contribution < -0.4 is 25.3 Å². The van der Waals surface area contributed by atoms with Gasteiger partial charge in [0.05, 0.1) is 25.2 Å². The van der Waals surface area contributed by atoms with Gasteiger partial charge in [0.2, 0.25) is 5.88 Å². The summed E-state index contributed by atoms with van der Waals surface area (Å²) in [6.07, 6.45) is 0. The van der Waals surface area contributed by atoms with Crippen LogP contribution in [-0.2, 0) is 9.53 Å². The van der Waals surface area contributed by atoms with Crippen LogP contribution >= 0.6 is 0 Å². The number of benzene rings is 4. The summed E-state index contributed by atoms with van der Waals surface area (Å²) in [4.78, 5) is 24.2. The minimum atomic E-state index is -0.488. The Morgan fingerprint density at radius 2 is 1.78 bits per heavy atom. The molecule has 0 bridgehead atoms. The van der Waals surface area contributed by atoms with Crippen molar-refractivity contribution in [1.82, 2.24) is 0 Å². The van der Waals surface area contributed by atoms with E-state index in [4.69, 9.17) is 19.9 Å². The monoisotopic (exact) mass is 549 g/mol. The number of rotatable bonds is 8. The van der Waals surface area contributed by atoms with Gasteiger partial charge in [-0.05, 0) is 54.3 Å². The van der Waals surface area contributed by atoms with E-state index in [9.17, 15) is 14.9 Å². The molecule has 206 valence electrons. The van der Waals surface area contributed by atoms with Crippen LogP contribution in [0.4, 0.5) is 5.69 Å². The standard InChI is InChI=1S/C32H27N3O6/c1-3-39-27-16-21(11-15-26(27)40-18-28(36)35-22-12-8-20(9-13-22)32(37)38-2)29-24-14-10-19-6-4-5-7-23(19)30(24)41-31(34)25(29)17-33/h4-16,29H,3,18,34H2,1-2H3,(H,35,36)/t29-/m1/s1. The lowest BCUT2D eigenvalue weighted by Gasteiger charge is -2.28. The molecule has 9 heteroatoms. The van der Waals surface area contributed by atoms with Crippen LogP contribution in [-0.4, -0.2) is 32.2 Å². The Morgan fingerprint density at radius 3 is 2.51 bits per heavy atom. The Bertz CT molecular complexity index is 1710. The second kappa shape index (κ2) is 11.7. The molecule has 0 aromatic heterocycles. The molecule has 4 aromatic rings. The van der Waals surface area contributed by atoms with Crippen LogP contribution in [0.1, 0.15) is 34.3 Å². The van der Waals surface area contributed by atoms with E-state index in [0.29, 0.717) is 40.7 Å². The smallest absolute Gasteiger partial charge is 0.337 e. The lowest BCUT2D eigenvalue weighted by Crippen LogP contribution is -2.22. The summed E-state index contributed by atoms with van der Waals surface area (Å²) in [6.45, 7) is 1.92. The average Bonchev–Trinajstić information content (AvgIpc) is 2.99. The molecule has 1 aliphatic rings. The molecular weight excluding hydrogens is 522 g/mol. The van der Waals surface area contributed by atoms with Gasteiger partial charge in [-0.15, -0.1) is 0 Å². The van der Waals surface area contributed by atoms with Crippen LogP contribution in [0, 0.1) is 11.3 Å². The van der Waals surface area contributed by atoms with Gasteiger partial charge in [0.15, 0.2) is 18.1 Å². The second-order valence-electron chi connectivity index (χ2n) is 9.17. The highest BCUT2D eigenvalue weighted by Gasteiger charge is 2.32. The maximum atomic E-state index is 12.6. The first-order valence-electron chi connectivity index (χ1n) is 12.9. The molecule has 9 nitrogen and oxygen atoms in total. The highest BCUT2D eigenvalue weighted by atomic mass is 16.5. The number of hydrogen-bond acceptors (Lipinski definition) is 8. The minimum Gasteiger partial charge on any atom is -0.490 e. The number of nitrogens with zero attached hydrogens (tertiary/aromatic N) is 1. The van der Waals surface area contributed by atoms with E-state index in [0.717, 1.165) is 21.9 Å². The van der Waals surface area contributed by atoms with Crippen molar-refractivity contribution >= 4 is 28.3 Å². The van der Waals surface area contributed by atoms with Gasteiger partial charge in [0.25, 0.3) is 5.91 Å². The number of carbonyl (C=O) groups is 2. The van der Waals surface area contributed by atoms with Gasteiger partial charge in [-0.2, -0.15) is 5.26 Å². The molecule has 5 rings (SSSR count). The van der Waals surface area contributed by atoms with Crippen LogP contribution in [0.15, 0.2) is 90.3 Å². The molecule has 0 spiro atoms. The van der Waals surface area contributed by atoms with E-state index in [-0.39, 0.29) is 12.5 Å². The van der Waals surface area contributed by atoms with E-state index >= 15 is 0 Å². The number of ether oxygens (including phenoxy) is 4. The Labute approximate surface area is 236 Å². The van der Waals surface area contributed by atoms with Crippen LogP contribution in [0.2, 0.25) is 0 Å². The molecule has 1 heterocycles. The van der Waals surface area contributed by atoms with E-state index in [2.05, 4.69) is 16.1 Å². The molecule has 0 fully saturated rings. The molecular formula is C32H27N3O6. The predicted molar refractivity (Wildman–Crippen MR) is 153 cm³/mol. The van der Waals surface area contributed by atoms with Gasteiger partial charge in [-0.3, -0.25) is 4.79 Å². The molecule has 0 saturated carbocycles. The molecule has 0 radical (unpaired) electrons. The number of amides is 1. The summed E-state index contributed by atoms with van der Waals surface area (Å²) in [5, 5.41) is 14.6. The number of fused-ring (bicyclic) bond motifs is 3. The number of nitriles is 1. The first-order chi connectivity index (χ1) is 19.9. The van der Waals surface area contributed by atoms with E-state index in [1.807, 2.05) is 49.4 Å². The SMILES string of the molecule is CCOc1cc([C@H]2C(C#N)=C(N)Oc3c2ccc2ccccc32)ccc1OCC(=O)Nc1ccc(C(=O)OC)cc1. The number of esters is 1. The number of carbonyl (C=O) groups excluding carboxylic acids is 2. The van der Waals surface area contributed by atoms with E-state index < -0.39 is 17.8 Å². The first kappa shape index (κ1) is 27.1. The van der Waals surface area contributed by atoms with Crippen molar-refractivity contribution in [2.45, 2.75) is 12.8 Å². The predicted octanol–water partition coefficient (Wildman–Crippen LogP) is 5.26. The number of allylic oxidation sites excluding steroid dienone is 1. The van der Waals surface area contributed by atoms with Gasteiger partial charge in [0, 0.05) is 16.6 Å². The van der Waals surface area contributed by atoms with Crippen molar-refractivity contribution in [3.63, 3.8) is 0 Å². The summed E-state index contributed by atoms with van der Waals surface area (Å²) in [7, 11) is 1.30. The summed E-state index contributed by atoms with van der Waals surface area (Å²) in [6, 6.07) is 25.6. The van der Waals surface area contributed by atoms with Gasteiger partial charge in [-0.25, -0.2) is 4.79 Å². The molecule has 41 heavy (non-hydrogen) atoms. The fourth-order valence-corrected chi connectivity index (χ4v) is 4.77. The Morgan fingerprint density at radius 1 is 1.00 bits per heavy atom. The lowest BCUT2D eigenvalue weighted by molar-refractivity contribution is -0.118. The highest BCUT2D eigenvalue weighted by Crippen LogP contribution is 2.46. The maximum Gasteiger partial charge on any atom is 0.337 e. The molecule has 0 saturated heterocycles. The fourth-order valence-electron chi connectivity index (χ4n) is 4.77. The fraction of sp³-hybridized carbons (Fsp3) is 0.156. The molecule has 3 N–H and O–H groups in total. The number of nitrogens with two attached hydrogens (primary N) is 1. The first-order valence-corrected chi connectivity index (χ1v) is 12.9. The van der Waals surface area contributed by atoms with Gasteiger partial charge in [0.1, 0.15) is 17.4 Å². The highest BCUT2D eigenvalue weighted by molar-refractivity contribution is 5.94. The quantitative estimate of drug-likeness (QED) is 0.284. The minimum absolute atomic E-state index is 0.0518. The maximum absolute atomic E-state index is 12.6. The molecule has 1 aliphatic heterocycles. The van der Waals surface area contributed by atoms with E-state index in [1.54, 1.807) is 36.4 Å². The van der Waals surface area contributed by atoms with Gasteiger partial charge < -0.3 is 30.0 Å². The van der Waals surface area contributed by atoms with Crippen molar-refractivity contribution in [3.05, 3.63) is 107 Å². The Hall–Kier alpha value is -5.49. The molecule has 4 aromatic carbocycles. The number of methoxy groups -OCH3 is 1. The average molecular weight is 550 g/mol. The summed E-state index contributed by atoms with van der Waals surface area (Å²) >= 11 is 0. The lowest BCUT2D eigenvalue weighted by atomic mass is 9.82. The molecule has 1 amide bonds. The zero-order chi connectivity index (χ0) is 28.9. The normalized spacial score (nSPS) is 13.9. The third-order valence-corrected chi connectivity index (χ3v) is 6.66. The topological polar surface area (TPSA) is 133 Å². The third-order valence-electron chi connectivity index (χ3n) is 6.66. The summed E-state index contributed by atoms with van der Waals surface area (Å²) < 4.78 is 22.3. The number of nitrogens with one attached hydrogen (secondary N) is 1. The van der Waals surface area contributed by atoms with Crippen molar-refractivity contribution in [3.8, 4) is 23.3 Å². The van der Waals surface area contributed by atoms with Crippen LogP contribution in [0.3, 0.4) is 0 Å². The molecule has 0 aliphatic carbocycles. The zero-order valence-corrected chi connectivity index (χ0v) is 22.5.